The third-order valence-corrected chi connectivity index (χ3v) is 2.06. The van der Waals surface area contributed by atoms with Crippen molar-refractivity contribution in [3.63, 3.8) is 0 Å². The summed E-state index contributed by atoms with van der Waals surface area (Å²) in [5, 5.41) is 0. The number of nitrogens with zero attached hydrogens (tertiary/aromatic N) is 3. The molecule has 0 saturated heterocycles. The fourth-order valence-corrected chi connectivity index (χ4v) is 1.13. The molecule has 15 heavy (non-hydrogen) atoms. The van der Waals surface area contributed by atoms with Gasteiger partial charge in [0.15, 0.2) is 0 Å². The van der Waals surface area contributed by atoms with Crippen LogP contribution in [0.5, 0.6) is 0 Å². The molecule has 1 rings (SSSR count). The van der Waals surface area contributed by atoms with Gasteiger partial charge >= 0.3 is 5.97 Å². The van der Waals surface area contributed by atoms with Crippen molar-refractivity contribution in [3.05, 3.63) is 18.1 Å². The Morgan fingerprint density at radius 3 is 2.87 bits per heavy atom. The molecule has 1 heterocycles. The molecule has 0 aromatic carbocycles. The van der Waals surface area contributed by atoms with Crippen molar-refractivity contribution in [3.8, 4) is 0 Å². The Morgan fingerprint density at radius 2 is 2.27 bits per heavy atom. The quantitative estimate of drug-likeness (QED) is 0.681. The number of carbonyl (C=O) groups excluding carboxylic acids is 1. The molecule has 0 aliphatic heterocycles. The molecule has 0 amide bonds. The van der Waals surface area contributed by atoms with Gasteiger partial charge in [-0.25, -0.2) is 9.97 Å². The fourth-order valence-electron chi connectivity index (χ4n) is 1.13. The van der Waals surface area contributed by atoms with Crippen molar-refractivity contribution < 1.29 is 9.53 Å². The number of likely N-dealkylation sites (N-methyl/N-ethyl adjacent to an activating group) is 1. The standard InChI is InChI=1S/C10H15N3O2/c1-4-8-5-9(12-7-11-8)13(2)6-10(14)15-3/h5,7H,4,6H2,1-3H3. The average Bonchev–Trinajstić information content (AvgIpc) is 2.28. The lowest BCUT2D eigenvalue weighted by Crippen LogP contribution is -2.27. The third kappa shape index (κ3) is 3.19. The predicted octanol–water partition coefficient (Wildman–Crippen LogP) is 0.648. The molecule has 5 heteroatoms. The first-order chi connectivity index (χ1) is 7.17. The summed E-state index contributed by atoms with van der Waals surface area (Å²) in [4.78, 5) is 20.9. The highest BCUT2D eigenvalue weighted by atomic mass is 16.5. The van der Waals surface area contributed by atoms with E-state index in [4.69, 9.17) is 0 Å². The molecule has 0 fully saturated rings. The van der Waals surface area contributed by atoms with Gasteiger partial charge in [0.05, 0.1) is 7.11 Å². The van der Waals surface area contributed by atoms with Crippen molar-refractivity contribution in [2.24, 2.45) is 0 Å². The average molecular weight is 209 g/mol. The molecule has 5 nitrogen and oxygen atoms in total. The number of aromatic nitrogens is 2. The zero-order valence-corrected chi connectivity index (χ0v) is 9.23. The van der Waals surface area contributed by atoms with Crippen LogP contribution in [0.15, 0.2) is 12.4 Å². The van der Waals surface area contributed by atoms with Gasteiger partial charge in [-0.2, -0.15) is 0 Å². The number of carbonyl (C=O) groups is 1. The van der Waals surface area contributed by atoms with E-state index in [1.807, 2.05) is 13.0 Å². The largest absolute Gasteiger partial charge is 0.468 e. The van der Waals surface area contributed by atoms with E-state index in [0.717, 1.165) is 17.9 Å². The number of aryl methyl sites for hydroxylation is 1. The second kappa shape index (κ2) is 5.29. The minimum absolute atomic E-state index is 0.191. The Morgan fingerprint density at radius 1 is 1.53 bits per heavy atom. The second-order valence-corrected chi connectivity index (χ2v) is 3.15. The minimum Gasteiger partial charge on any atom is -0.468 e. The molecule has 0 aliphatic carbocycles. The second-order valence-electron chi connectivity index (χ2n) is 3.15. The number of anilines is 1. The van der Waals surface area contributed by atoms with E-state index >= 15 is 0 Å². The molecule has 0 spiro atoms. The van der Waals surface area contributed by atoms with Crippen LogP contribution in [-0.4, -0.2) is 36.6 Å². The molecule has 1 aromatic heterocycles. The molecule has 0 bridgehead atoms. The molecule has 0 unspecified atom stereocenters. The zero-order chi connectivity index (χ0) is 11.3. The Labute approximate surface area is 89.1 Å². The van der Waals surface area contributed by atoms with Gasteiger partial charge in [0.2, 0.25) is 0 Å². The summed E-state index contributed by atoms with van der Waals surface area (Å²) in [6.07, 6.45) is 2.35. The normalized spacial score (nSPS) is 9.80. The van der Waals surface area contributed by atoms with E-state index in [-0.39, 0.29) is 12.5 Å². The van der Waals surface area contributed by atoms with Crippen molar-refractivity contribution in [2.45, 2.75) is 13.3 Å². The fraction of sp³-hybridized carbons (Fsp3) is 0.500. The van der Waals surface area contributed by atoms with Crippen LogP contribution in [0.25, 0.3) is 0 Å². The number of ether oxygens (including phenoxy) is 1. The van der Waals surface area contributed by atoms with E-state index in [2.05, 4.69) is 14.7 Å². The molecule has 0 N–H and O–H groups in total. The molecule has 0 radical (unpaired) electrons. The summed E-state index contributed by atoms with van der Waals surface area (Å²) in [5.74, 6) is 0.446. The lowest BCUT2D eigenvalue weighted by molar-refractivity contribution is -0.138. The minimum atomic E-state index is -0.283. The summed E-state index contributed by atoms with van der Waals surface area (Å²) in [7, 11) is 3.16. The van der Waals surface area contributed by atoms with Gasteiger partial charge in [0.1, 0.15) is 18.7 Å². The first-order valence-electron chi connectivity index (χ1n) is 4.76. The van der Waals surface area contributed by atoms with Crippen LogP contribution < -0.4 is 4.90 Å². The van der Waals surface area contributed by atoms with E-state index in [1.165, 1.54) is 13.4 Å². The van der Waals surface area contributed by atoms with Gasteiger partial charge in [0.25, 0.3) is 0 Å². The molecular formula is C10H15N3O2. The van der Waals surface area contributed by atoms with Crippen LogP contribution in [0.2, 0.25) is 0 Å². The number of methoxy groups -OCH3 is 1. The van der Waals surface area contributed by atoms with Gasteiger partial charge < -0.3 is 9.64 Å². The van der Waals surface area contributed by atoms with Crippen LogP contribution in [0.3, 0.4) is 0 Å². The van der Waals surface area contributed by atoms with Gasteiger partial charge in [-0.3, -0.25) is 4.79 Å². The summed E-state index contributed by atoms with van der Waals surface area (Å²) in [5.41, 5.74) is 0.955. The van der Waals surface area contributed by atoms with Crippen molar-refractivity contribution in [2.75, 3.05) is 25.6 Å². The lowest BCUT2D eigenvalue weighted by Gasteiger charge is -2.16. The summed E-state index contributed by atoms with van der Waals surface area (Å²) in [6, 6.07) is 1.86. The summed E-state index contributed by atoms with van der Waals surface area (Å²) in [6.45, 7) is 2.21. The molecule has 0 atom stereocenters. The maximum absolute atomic E-state index is 11.0. The Bertz CT molecular complexity index is 341. The maximum Gasteiger partial charge on any atom is 0.325 e. The Balaban J connectivity index is 2.72. The first-order valence-corrected chi connectivity index (χ1v) is 4.76. The van der Waals surface area contributed by atoms with E-state index in [1.54, 1.807) is 11.9 Å². The zero-order valence-electron chi connectivity index (χ0n) is 9.23. The first kappa shape index (κ1) is 11.4. The van der Waals surface area contributed by atoms with E-state index < -0.39 is 0 Å². The molecule has 0 aliphatic rings. The van der Waals surface area contributed by atoms with Gasteiger partial charge in [-0.1, -0.05) is 6.92 Å². The summed E-state index contributed by atoms with van der Waals surface area (Å²) >= 11 is 0. The van der Waals surface area contributed by atoms with Gasteiger partial charge in [-0.05, 0) is 6.42 Å². The van der Waals surface area contributed by atoms with Crippen molar-refractivity contribution in [1.29, 1.82) is 0 Å². The third-order valence-electron chi connectivity index (χ3n) is 2.06. The molecular weight excluding hydrogens is 194 g/mol. The maximum atomic E-state index is 11.0. The molecule has 82 valence electrons. The van der Waals surface area contributed by atoms with E-state index in [9.17, 15) is 4.79 Å². The number of esters is 1. The van der Waals surface area contributed by atoms with Gasteiger partial charge in [0, 0.05) is 18.8 Å². The lowest BCUT2D eigenvalue weighted by atomic mass is 10.3. The highest BCUT2D eigenvalue weighted by molar-refractivity contribution is 5.74. The van der Waals surface area contributed by atoms with Crippen LogP contribution in [0, 0.1) is 0 Å². The van der Waals surface area contributed by atoms with Gasteiger partial charge in [-0.15, -0.1) is 0 Å². The van der Waals surface area contributed by atoms with Crippen LogP contribution in [-0.2, 0) is 16.0 Å². The van der Waals surface area contributed by atoms with Crippen molar-refractivity contribution in [1.82, 2.24) is 9.97 Å². The number of hydrogen-bond acceptors (Lipinski definition) is 5. The van der Waals surface area contributed by atoms with Crippen molar-refractivity contribution >= 4 is 11.8 Å². The topological polar surface area (TPSA) is 55.3 Å². The number of hydrogen-bond donors (Lipinski definition) is 0. The van der Waals surface area contributed by atoms with Crippen LogP contribution in [0.1, 0.15) is 12.6 Å². The molecule has 1 aromatic rings. The predicted molar refractivity (Wildman–Crippen MR) is 56.7 cm³/mol. The highest BCUT2D eigenvalue weighted by Crippen LogP contribution is 2.09. The Hall–Kier alpha value is -1.65. The Kier molecular flexibility index (Phi) is 4.03. The van der Waals surface area contributed by atoms with E-state index in [0.29, 0.717) is 0 Å². The van der Waals surface area contributed by atoms with Crippen LogP contribution >= 0.6 is 0 Å². The van der Waals surface area contributed by atoms with Crippen LogP contribution in [0.4, 0.5) is 5.82 Å². The number of rotatable bonds is 4. The molecule has 0 saturated carbocycles. The summed E-state index contributed by atoms with van der Waals surface area (Å²) < 4.78 is 4.57. The monoisotopic (exact) mass is 209 g/mol. The SMILES string of the molecule is CCc1cc(N(C)CC(=O)OC)ncn1. The highest BCUT2D eigenvalue weighted by Gasteiger charge is 2.08. The smallest absolute Gasteiger partial charge is 0.325 e.